The molecule has 25 heavy (non-hydrogen) atoms. The highest BCUT2D eigenvalue weighted by Crippen LogP contribution is 2.37. The molecule has 0 spiro atoms. The third-order valence-electron chi connectivity index (χ3n) is 4.17. The normalized spacial score (nSPS) is 24.5. The van der Waals surface area contributed by atoms with E-state index in [9.17, 15) is 0 Å². The summed E-state index contributed by atoms with van der Waals surface area (Å²) in [7, 11) is 0. The number of nitrogens with zero attached hydrogens (tertiary/aromatic N) is 4. The average molecular weight is 348 g/mol. The standard InChI is InChI=1S/C17H28N6O2/c1-9(2)6-10-11(25-17(3,4)5)7-12(24-10)23-8-20-13-14(18)21-16(19)22-15(13)23/h8-12H,6-7H2,1-5H3,(H4,18,19,21,22)/t10-,11?,12-/m1/s1. The second kappa shape index (κ2) is 6.42. The first-order chi connectivity index (χ1) is 11.6. The number of nitrogen functional groups attached to an aromatic ring is 2. The fourth-order valence-corrected chi connectivity index (χ4v) is 3.29. The van der Waals surface area contributed by atoms with Crippen molar-refractivity contribution in [2.24, 2.45) is 5.92 Å². The fraction of sp³-hybridized carbons (Fsp3) is 0.706. The molecule has 3 rings (SSSR count). The second-order valence-corrected chi connectivity index (χ2v) is 8.05. The number of aromatic nitrogens is 4. The van der Waals surface area contributed by atoms with Crippen molar-refractivity contribution >= 4 is 22.9 Å². The Balaban J connectivity index is 1.90. The SMILES string of the molecule is CC(C)C[C@H]1O[C@@H](n2cnc3c(N)nc(N)nc32)CC1OC(C)(C)C. The molecule has 1 aliphatic rings. The summed E-state index contributed by atoms with van der Waals surface area (Å²) in [4.78, 5) is 12.6. The topological polar surface area (TPSA) is 114 Å². The van der Waals surface area contributed by atoms with E-state index >= 15 is 0 Å². The zero-order valence-electron chi connectivity index (χ0n) is 15.6. The Morgan fingerprint density at radius 3 is 2.68 bits per heavy atom. The van der Waals surface area contributed by atoms with Crippen molar-refractivity contribution in [3.05, 3.63) is 6.33 Å². The van der Waals surface area contributed by atoms with Gasteiger partial charge in [0.05, 0.1) is 24.1 Å². The molecule has 1 saturated heterocycles. The number of hydrogen-bond acceptors (Lipinski definition) is 7. The maximum absolute atomic E-state index is 6.32. The Labute approximate surface area is 147 Å². The molecule has 1 fully saturated rings. The number of rotatable bonds is 4. The first-order valence-corrected chi connectivity index (χ1v) is 8.73. The van der Waals surface area contributed by atoms with Gasteiger partial charge in [-0.15, -0.1) is 0 Å². The molecule has 3 heterocycles. The van der Waals surface area contributed by atoms with Crippen molar-refractivity contribution in [1.29, 1.82) is 0 Å². The Hall–Kier alpha value is -1.93. The van der Waals surface area contributed by atoms with E-state index in [1.807, 2.05) is 4.57 Å². The zero-order valence-corrected chi connectivity index (χ0v) is 15.6. The number of ether oxygens (including phenoxy) is 2. The molecular weight excluding hydrogens is 320 g/mol. The van der Waals surface area contributed by atoms with Crippen molar-refractivity contribution in [3.63, 3.8) is 0 Å². The van der Waals surface area contributed by atoms with Gasteiger partial charge in [-0.05, 0) is 33.1 Å². The van der Waals surface area contributed by atoms with Crippen molar-refractivity contribution in [2.45, 2.75) is 71.5 Å². The Kier molecular flexibility index (Phi) is 4.59. The fourth-order valence-electron chi connectivity index (χ4n) is 3.29. The summed E-state index contributed by atoms with van der Waals surface area (Å²) >= 11 is 0. The second-order valence-electron chi connectivity index (χ2n) is 8.05. The van der Waals surface area contributed by atoms with Crippen LogP contribution in [0, 0.1) is 5.92 Å². The van der Waals surface area contributed by atoms with Gasteiger partial charge in [0.25, 0.3) is 0 Å². The van der Waals surface area contributed by atoms with Gasteiger partial charge in [-0.2, -0.15) is 9.97 Å². The lowest BCUT2D eigenvalue weighted by atomic mass is 10.0. The van der Waals surface area contributed by atoms with E-state index in [0.717, 1.165) is 12.8 Å². The summed E-state index contributed by atoms with van der Waals surface area (Å²) in [6.07, 6.45) is 3.17. The van der Waals surface area contributed by atoms with Crippen molar-refractivity contribution in [3.8, 4) is 0 Å². The van der Waals surface area contributed by atoms with Gasteiger partial charge in [0, 0.05) is 6.42 Å². The lowest BCUT2D eigenvalue weighted by Crippen LogP contribution is -2.33. The van der Waals surface area contributed by atoms with E-state index in [4.69, 9.17) is 20.9 Å². The first kappa shape index (κ1) is 17.9. The van der Waals surface area contributed by atoms with Gasteiger partial charge in [0.15, 0.2) is 11.5 Å². The van der Waals surface area contributed by atoms with Gasteiger partial charge >= 0.3 is 0 Å². The monoisotopic (exact) mass is 348 g/mol. The summed E-state index contributed by atoms with van der Waals surface area (Å²) in [5.74, 6) is 0.925. The third-order valence-corrected chi connectivity index (χ3v) is 4.17. The molecule has 1 unspecified atom stereocenters. The molecule has 0 radical (unpaired) electrons. The van der Waals surface area contributed by atoms with Crippen LogP contribution in [0.5, 0.6) is 0 Å². The van der Waals surface area contributed by atoms with E-state index in [2.05, 4.69) is 49.6 Å². The molecule has 0 aromatic carbocycles. The quantitative estimate of drug-likeness (QED) is 0.872. The molecule has 0 saturated carbocycles. The minimum Gasteiger partial charge on any atom is -0.382 e. The van der Waals surface area contributed by atoms with Crippen LogP contribution in [-0.2, 0) is 9.47 Å². The Morgan fingerprint density at radius 2 is 2.04 bits per heavy atom. The molecule has 8 nitrogen and oxygen atoms in total. The van der Waals surface area contributed by atoms with E-state index in [0.29, 0.717) is 17.1 Å². The summed E-state index contributed by atoms with van der Waals surface area (Å²) in [5, 5.41) is 0. The molecule has 138 valence electrons. The number of hydrogen-bond donors (Lipinski definition) is 2. The maximum Gasteiger partial charge on any atom is 0.224 e. The van der Waals surface area contributed by atoms with Gasteiger partial charge < -0.3 is 20.9 Å². The molecule has 1 aliphatic heterocycles. The molecule has 2 aromatic rings. The number of nitrogens with two attached hydrogens (primary N) is 2. The van der Waals surface area contributed by atoms with Crippen molar-refractivity contribution in [2.75, 3.05) is 11.5 Å². The van der Waals surface area contributed by atoms with Gasteiger partial charge in [0.2, 0.25) is 5.95 Å². The molecular formula is C17H28N6O2. The zero-order chi connectivity index (χ0) is 18.4. The lowest BCUT2D eigenvalue weighted by molar-refractivity contribution is -0.0976. The van der Waals surface area contributed by atoms with Crippen LogP contribution in [0.15, 0.2) is 6.33 Å². The van der Waals surface area contributed by atoms with Crippen LogP contribution >= 0.6 is 0 Å². The predicted octanol–water partition coefficient (Wildman–Crippen LogP) is 2.51. The number of fused-ring (bicyclic) bond motifs is 1. The van der Waals surface area contributed by atoms with Gasteiger partial charge in [-0.1, -0.05) is 13.8 Å². The van der Waals surface area contributed by atoms with Crippen LogP contribution in [0.2, 0.25) is 0 Å². The Morgan fingerprint density at radius 1 is 1.32 bits per heavy atom. The van der Waals surface area contributed by atoms with E-state index in [-0.39, 0.29) is 35.8 Å². The van der Waals surface area contributed by atoms with Gasteiger partial charge in [-0.25, -0.2) is 4.98 Å². The highest BCUT2D eigenvalue weighted by Gasteiger charge is 2.39. The van der Waals surface area contributed by atoms with Crippen LogP contribution in [0.3, 0.4) is 0 Å². The van der Waals surface area contributed by atoms with Crippen LogP contribution in [0.1, 0.15) is 53.7 Å². The van der Waals surface area contributed by atoms with Gasteiger partial charge in [0.1, 0.15) is 11.7 Å². The molecule has 2 aromatic heterocycles. The van der Waals surface area contributed by atoms with Crippen molar-refractivity contribution in [1.82, 2.24) is 19.5 Å². The first-order valence-electron chi connectivity index (χ1n) is 8.73. The molecule has 0 bridgehead atoms. The third kappa shape index (κ3) is 3.85. The van der Waals surface area contributed by atoms with E-state index < -0.39 is 0 Å². The number of anilines is 2. The summed E-state index contributed by atoms with van der Waals surface area (Å²) < 4.78 is 14.5. The molecule has 4 N–H and O–H groups in total. The summed E-state index contributed by atoms with van der Waals surface area (Å²) in [6.45, 7) is 10.6. The smallest absolute Gasteiger partial charge is 0.224 e. The minimum absolute atomic E-state index is 0.0152. The minimum atomic E-state index is -0.230. The molecule has 0 aliphatic carbocycles. The van der Waals surface area contributed by atoms with Crippen LogP contribution in [-0.4, -0.2) is 37.3 Å². The Bertz CT molecular complexity index is 751. The molecule has 3 atom stereocenters. The average Bonchev–Trinajstić information content (AvgIpc) is 3.01. The summed E-state index contributed by atoms with van der Waals surface area (Å²) in [5.41, 5.74) is 12.5. The van der Waals surface area contributed by atoms with E-state index in [1.165, 1.54) is 0 Å². The highest BCUT2D eigenvalue weighted by molar-refractivity contribution is 5.82. The van der Waals surface area contributed by atoms with Crippen LogP contribution in [0.4, 0.5) is 11.8 Å². The predicted molar refractivity (Wildman–Crippen MR) is 96.8 cm³/mol. The number of imidazole rings is 1. The maximum atomic E-state index is 6.32. The van der Waals surface area contributed by atoms with Crippen LogP contribution < -0.4 is 11.5 Å². The van der Waals surface area contributed by atoms with Gasteiger partial charge in [-0.3, -0.25) is 4.57 Å². The van der Waals surface area contributed by atoms with Crippen molar-refractivity contribution < 1.29 is 9.47 Å². The molecule has 0 amide bonds. The lowest BCUT2D eigenvalue weighted by Gasteiger charge is -2.28. The molecule has 8 heteroatoms. The van der Waals surface area contributed by atoms with Crippen LogP contribution in [0.25, 0.3) is 11.2 Å². The van der Waals surface area contributed by atoms with E-state index in [1.54, 1.807) is 6.33 Å². The highest BCUT2D eigenvalue weighted by atomic mass is 16.6. The summed E-state index contributed by atoms with van der Waals surface area (Å²) in [6, 6.07) is 0. The largest absolute Gasteiger partial charge is 0.382 e.